The molecule has 0 aromatic carbocycles. The van der Waals surface area contributed by atoms with Gasteiger partial charge in [0.15, 0.2) is 0 Å². The zero-order valence-corrected chi connectivity index (χ0v) is 12.0. The highest BCUT2D eigenvalue weighted by molar-refractivity contribution is 7.10. The first-order chi connectivity index (χ1) is 8.96. The number of aromatic nitrogens is 2. The molecule has 0 amide bonds. The van der Waals surface area contributed by atoms with Crippen molar-refractivity contribution in [3.8, 4) is 6.07 Å². The van der Waals surface area contributed by atoms with Crippen LogP contribution in [0, 0.1) is 16.7 Å². The Morgan fingerprint density at radius 3 is 2.84 bits per heavy atom. The van der Waals surface area contributed by atoms with Crippen LogP contribution in [-0.2, 0) is 13.0 Å². The van der Waals surface area contributed by atoms with Crippen molar-refractivity contribution in [2.24, 2.45) is 5.41 Å². The van der Waals surface area contributed by atoms with Gasteiger partial charge >= 0.3 is 6.01 Å². The van der Waals surface area contributed by atoms with Crippen molar-refractivity contribution in [2.45, 2.75) is 33.7 Å². The molecule has 0 aliphatic carbocycles. The minimum atomic E-state index is 0.124. The van der Waals surface area contributed by atoms with Gasteiger partial charge in [0.05, 0.1) is 12.1 Å². The monoisotopic (exact) mass is 276 g/mol. The molecule has 0 radical (unpaired) electrons. The Labute approximate surface area is 116 Å². The van der Waals surface area contributed by atoms with Gasteiger partial charge in [0.1, 0.15) is 6.07 Å². The van der Waals surface area contributed by atoms with Gasteiger partial charge in [-0.15, -0.1) is 16.4 Å². The summed E-state index contributed by atoms with van der Waals surface area (Å²) >= 11 is 1.54. The quantitative estimate of drug-likeness (QED) is 0.928. The Hall–Kier alpha value is -1.87. The van der Waals surface area contributed by atoms with Crippen LogP contribution in [-0.4, -0.2) is 10.2 Å². The molecule has 0 saturated carbocycles. The van der Waals surface area contributed by atoms with E-state index in [9.17, 15) is 0 Å². The van der Waals surface area contributed by atoms with Crippen LogP contribution >= 0.6 is 11.3 Å². The molecule has 19 heavy (non-hydrogen) atoms. The maximum atomic E-state index is 8.74. The Morgan fingerprint density at radius 2 is 2.21 bits per heavy atom. The van der Waals surface area contributed by atoms with Crippen LogP contribution in [0.25, 0.3) is 0 Å². The molecular formula is C13H16N4OS. The van der Waals surface area contributed by atoms with Crippen LogP contribution in [0.15, 0.2) is 15.9 Å². The average Bonchev–Trinajstić information content (AvgIpc) is 2.93. The van der Waals surface area contributed by atoms with Gasteiger partial charge in [0.25, 0.3) is 0 Å². The van der Waals surface area contributed by atoms with Crippen LogP contribution in [0.3, 0.4) is 0 Å². The van der Waals surface area contributed by atoms with E-state index < -0.39 is 0 Å². The average molecular weight is 276 g/mol. The molecule has 0 bridgehead atoms. The summed E-state index contributed by atoms with van der Waals surface area (Å²) in [7, 11) is 0. The first-order valence-electron chi connectivity index (χ1n) is 6.00. The van der Waals surface area contributed by atoms with Crippen LogP contribution in [0.1, 0.15) is 37.1 Å². The molecule has 0 fully saturated rings. The summed E-state index contributed by atoms with van der Waals surface area (Å²) in [6.07, 6.45) is 0.749. The van der Waals surface area contributed by atoms with E-state index in [1.807, 2.05) is 11.4 Å². The first kappa shape index (κ1) is 13.6. The van der Waals surface area contributed by atoms with Crippen molar-refractivity contribution in [1.29, 1.82) is 5.26 Å². The third-order valence-electron chi connectivity index (χ3n) is 2.35. The van der Waals surface area contributed by atoms with Gasteiger partial charge in [0, 0.05) is 16.7 Å². The maximum absolute atomic E-state index is 8.74. The number of nitriles is 1. The highest BCUT2D eigenvalue weighted by Gasteiger charge is 2.16. The Bertz CT molecular complexity index is 588. The molecule has 2 rings (SSSR count). The molecule has 0 aliphatic heterocycles. The van der Waals surface area contributed by atoms with Gasteiger partial charge in [0.2, 0.25) is 5.89 Å². The summed E-state index contributed by atoms with van der Waals surface area (Å²) < 4.78 is 5.52. The molecule has 2 aromatic heterocycles. The van der Waals surface area contributed by atoms with Gasteiger partial charge in [-0.05, 0) is 11.5 Å². The van der Waals surface area contributed by atoms with E-state index in [1.54, 1.807) is 0 Å². The summed E-state index contributed by atoms with van der Waals surface area (Å²) in [5.41, 5.74) is 0.806. The predicted octanol–water partition coefficient (Wildman–Crippen LogP) is 3.20. The number of hydrogen-bond donors (Lipinski definition) is 1. The van der Waals surface area contributed by atoms with Crippen molar-refractivity contribution >= 4 is 17.4 Å². The highest BCUT2D eigenvalue weighted by Crippen LogP contribution is 2.21. The van der Waals surface area contributed by atoms with Gasteiger partial charge < -0.3 is 9.73 Å². The Balaban J connectivity index is 1.92. The van der Waals surface area contributed by atoms with E-state index >= 15 is 0 Å². The first-order valence-corrected chi connectivity index (χ1v) is 6.88. The molecule has 0 saturated heterocycles. The summed E-state index contributed by atoms with van der Waals surface area (Å²) in [5.74, 6) is 0.638. The van der Waals surface area contributed by atoms with E-state index in [4.69, 9.17) is 9.68 Å². The molecule has 1 N–H and O–H groups in total. The lowest BCUT2D eigenvalue weighted by Crippen LogP contribution is -2.09. The molecule has 0 unspecified atom stereocenters. The summed E-state index contributed by atoms with van der Waals surface area (Å²) in [6.45, 7) is 6.96. The second-order valence-corrected chi connectivity index (χ2v) is 6.50. The summed E-state index contributed by atoms with van der Waals surface area (Å²) in [4.78, 5) is 1.06. The minimum Gasteiger partial charge on any atom is -0.408 e. The van der Waals surface area contributed by atoms with Gasteiger partial charge in [-0.3, -0.25) is 0 Å². The normalized spacial score (nSPS) is 11.3. The molecular weight excluding hydrogens is 260 g/mol. The van der Waals surface area contributed by atoms with E-state index in [1.165, 1.54) is 11.3 Å². The van der Waals surface area contributed by atoms with Gasteiger partial charge in [-0.1, -0.05) is 25.9 Å². The minimum absolute atomic E-state index is 0.124. The molecule has 0 atom stereocenters. The predicted molar refractivity (Wildman–Crippen MR) is 73.8 cm³/mol. The number of rotatable bonds is 4. The maximum Gasteiger partial charge on any atom is 0.315 e. The van der Waals surface area contributed by atoms with Crippen LogP contribution in [0.4, 0.5) is 6.01 Å². The van der Waals surface area contributed by atoms with E-state index in [-0.39, 0.29) is 5.41 Å². The fourth-order valence-corrected chi connectivity index (χ4v) is 2.29. The second kappa shape index (κ2) is 5.41. The third kappa shape index (κ3) is 4.07. The van der Waals surface area contributed by atoms with Crippen molar-refractivity contribution < 1.29 is 4.42 Å². The SMILES string of the molecule is CC(C)(C)Cc1nnc(NCc2cc(C#N)cs2)o1. The van der Waals surface area contributed by atoms with Crippen molar-refractivity contribution in [3.05, 3.63) is 27.8 Å². The molecule has 2 aromatic rings. The second-order valence-electron chi connectivity index (χ2n) is 5.51. The number of nitrogens with one attached hydrogen (secondary N) is 1. The van der Waals surface area contributed by atoms with Crippen LogP contribution in [0.5, 0.6) is 0 Å². The lowest BCUT2D eigenvalue weighted by molar-refractivity contribution is 0.357. The molecule has 100 valence electrons. The standard InChI is InChI=1S/C13H16N4OS/c1-13(2,3)5-11-16-17-12(18-11)15-7-10-4-9(6-14)8-19-10/h4,8H,5,7H2,1-3H3,(H,15,17). The van der Waals surface area contributed by atoms with Crippen LogP contribution in [0.2, 0.25) is 0 Å². The number of thiophene rings is 1. The summed E-state index contributed by atoms with van der Waals surface area (Å²) in [6, 6.07) is 4.38. The number of nitrogens with zero attached hydrogens (tertiary/aromatic N) is 3. The van der Waals surface area contributed by atoms with Crippen LogP contribution < -0.4 is 5.32 Å². The smallest absolute Gasteiger partial charge is 0.315 e. The fraction of sp³-hybridized carbons (Fsp3) is 0.462. The highest BCUT2D eigenvalue weighted by atomic mass is 32.1. The Morgan fingerprint density at radius 1 is 1.42 bits per heavy atom. The fourth-order valence-electron chi connectivity index (χ4n) is 1.54. The topological polar surface area (TPSA) is 74.7 Å². The van der Waals surface area contributed by atoms with E-state index in [0.717, 1.165) is 11.3 Å². The zero-order valence-electron chi connectivity index (χ0n) is 11.2. The summed E-state index contributed by atoms with van der Waals surface area (Å²) in [5, 5.41) is 21.6. The molecule has 0 spiro atoms. The zero-order chi connectivity index (χ0) is 13.9. The van der Waals surface area contributed by atoms with Crippen molar-refractivity contribution in [2.75, 3.05) is 5.32 Å². The Kier molecular flexibility index (Phi) is 3.86. The van der Waals surface area contributed by atoms with Crippen molar-refractivity contribution in [1.82, 2.24) is 10.2 Å². The third-order valence-corrected chi connectivity index (χ3v) is 3.28. The molecule has 2 heterocycles. The molecule has 5 nitrogen and oxygen atoms in total. The van der Waals surface area contributed by atoms with E-state index in [2.05, 4.69) is 42.4 Å². The largest absolute Gasteiger partial charge is 0.408 e. The van der Waals surface area contributed by atoms with Crippen molar-refractivity contribution in [3.63, 3.8) is 0 Å². The van der Waals surface area contributed by atoms with E-state index in [0.29, 0.717) is 24.0 Å². The number of anilines is 1. The van der Waals surface area contributed by atoms with Gasteiger partial charge in [-0.2, -0.15) is 5.26 Å². The number of hydrogen-bond acceptors (Lipinski definition) is 6. The van der Waals surface area contributed by atoms with Gasteiger partial charge in [-0.25, -0.2) is 0 Å². The molecule has 6 heteroatoms. The lowest BCUT2D eigenvalue weighted by Gasteiger charge is -2.14. The molecule has 0 aliphatic rings. The lowest BCUT2D eigenvalue weighted by atomic mass is 9.92.